The maximum atomic E-state index is 12.0. The normalized spacial score (nSPS) is 20.8. The van der Waals surface area contributed by atoms with Crippen molar-refractivity contribution < 1.29 is 9.90 Å². The van der Waals surface area contributed by atoms with Crippen molar-refractivity contribution in [3.63, 3.8) is 0 Å². The smallest absolute Gasteiger partial charge is 0.237 e. The van der Waals surface area contributed by atoms with Crippen LogP contribution in [0.1, 0.15) is 12.0 Å². The minimum absolute atomic E-state index is 0.104. The van der Waals surface area contributed by atoms with E-state index in [2.05, 4.69) is 17.3 Å². The van der Waals surface area contributed by atoms with E-state index in [1.807, 2.05) is 0 Å². The molecule has 2 atom stereocenters. The second-order valence-electron chi connectivity index (χ2n) is 5.64. The fourth-order valence-electron chi connectivity index (χ4n) is 2.55. The minimum Gasteiger partial charge on any atom is -0.508 e. The van der Waals surface area contributed by atoms with Gasteiger partial charge in [-0.25, -0.2) is 0 Å². The van der Waals surface area contributed by atoms with Crippen LogP contribution in [-0.2, 0) is 11.2 Å². The highest BCUT2D eigenvalue weighted by Gasteiger charge is 2.21. The van der Waals surface area contributed by atoms with Crippen molar-refractivity contribution in [2.24, 2.45) is 11.7 Å². The summed E-state index contributed by atoms with van der Waals surface area (Å²) in [5.41, 5.74) is 6.86. The number of likely N-dealkylation sites (tertiary alicyclic amines) is 1. The molecule has 0 radical (unpaired) electrons. The number of hydrogen-bond donors (Lipinski definition) is 3. The van der Waals surface area contributed by atoms with Crippen molar-refractivity contribution in [1.29, 1.82) is 0 Å². The van der Waals surface area contributed by atoms with E-state index < -0.39 is 6.04 Å². The van der Waals surface area contributed by atoms with Gasteiger partial charge in [0, 0.05) is 13.1 Å². The van der Waals surface area contributed by atoms with Crippen LogP contribution in [-0.4, -0.2) is 48.6 Å². The fourth-order valence-corrected chi connectivity index (χ4v) is 2.55. The summed E-state index contributed by atoms with van der Waals surface area (Å²) in [6.45, 7) is 2.83. The van der Waals surface area contributed by atoms with E-state index in [1.165, 1.54) is 0 Å². The second kappa shape index (κ2) is 6.72. The van der Waals surface area contributed by atoms with Gasteiger partial charge in [0.05, 0.1) is 6.04 Å². The molecule has 1 aromatic carbocycles. The van der Waals surface area contributed by atoms with Crippen molar-refractivity contribution >= 4 is 5.91 Å². The Morgan fingerprint density at radius 2 is 2.20 bits per heavy atom. The van der Waals surface area contributed by atoms with Gasteiger partial charge in [-0.15, -0.1) is 0 Å². The van der Waals surface area contributed by atoms with Crippen molar-refractivity contribution in [1.82, 2.24) is 10.2 Å². The zero-order valence-corrected chi connectivity index (χ0v) is 11.9. The third-order valence-electron chi connectivity index (χ3n) is 3.78. The van der Waals surface area contributed by atoms with E-state index in [0.717, 1.165) is 25.1 Å². The van der Waals surface area contributed by atoms with E-state index >= 15 is 0 Å². The van der Waals surface area contributed by atoms with Crippen molar-refractivity contribution in [2.45, 2.75) is 18.9 Å². The summed E-state index contributed by atoms with van der Waals surface area (Å²) in [7, 11) is 2.10. The summed E-state index contributed by atoms with van der Waals surface area (Å²) in [5, 5.41) is 12.1. The van der Waals surface area contributed by atoms with Crippen LogP contribution in [0, 0.1) is 5.92 Å². The first kappa shape index (κ1) is 14.8. The summed E-state index contributed by atoms with van der Waals surface area (Å²) in [4.78, 5) is 14.2. The molecule has 0 aliphatic carbocycles. The van der Waals surface area contributed by atoms with Gasteiger partial charge in [-0.3, -0.25) is 4.79 Å². The Kier molecular flexibility index (Phi) is 4.98. The first-order chi connectivity index (χ1) is 9.54. The summed E-state index contributed by atoms with van der Waals surface area (Å²) in [6.07, 6.45) is 1.61. The Hall–Kier alpha value is -1.59. The highest BCUT2D eigenvalue weighted by molar-refractivity contribution is 5.81. The SMILES string of the molecule is CN1CCC(CNC(=O)C(N)Cc2ccc(O)cc2)C1. The summed E-state index contributed by atoms with van der Waals surface area (Å²) in [6, 6.07) is 6.24. The molecule has 1 fully saturated rings. The van der Waals surface area contributed by atoms with E-state index in [-0.39, 0.29) is 11.7 Å². The molecule has 5 heteroatoms. The van der Waals surface area contributed by atoms with E-state index in [0.29, 0.717) is 18.9 Å². The number of hydrogen-bond acceptors (Lipinski definition) is 4. The summed E-state index contributed by atoms with van der Waals surface area (Å²) >= 11 is 0. The fraction of sp³-hybridized carbons (Fsp3) is 0.533. The average Bonchev–Trinajstić information content (AvgIpc) is 2.84. The lowest BCUT2D eigenvalue weighted by Gasteiger charge is -2.15. The quantitative estimate of drug-likeness (QED) is 0.725. The minimum atomic E-state index is -0.543. The molecule has 0 bridgehead atoms. The Balaban J connectivity index is 1.75. The Labute approximate surface area is 119 Å². The van der Waals surface area contributed by atoms with E-state index in [4.69, 9.17) is 5.73 Å². The average molecular weight is 277 g/mol. The number of phenolic OH excluding ortho intramolecular Hbond substituents is 1. The molecule has 1 aliphatic heterocycles. The molecule has 2 rings (SSSR count). The molecule has 0 spiro atoms. The third kappa shape index (κ3) is 4.21. The standard InChI is InChI=1S/C15H23N3O2/c1-18-7-6-12(10-18)9-17-15(20)14(16)8-11-2-4-13(19)5-3-11/h2-5,12,14,19H,6-10,16H2,1H3,(H,17,20). The third-order valence-corrected chi connectivity index (χ3v) is 3.78. The molecule has 1 heterocycles. The molecule has 1 amide bonds. The number of nitrogens with two attached hydrogens (primary N) is 1. The highest BCUT2D eigenvalue weighted by atomic mass is 16.3. The van der Waals surface area contributed by atoms with Gasteiger partial charge < -0.3 is 21.1 Å². The molecule has 1 saturated heterocycles. The summed E-state index contributed by atoms with van der Waals surface area (Å²) in [5.74, 6) is 0.648. The number of rotatable bonds is 5. The number of carbonyl (C=O) groups excluding carboxylic acids is 1. The molecule has 110 valence electrons. The van der Waals surface area contributed by atoms with Gasteiger partial charge in [0.2, 0.25) is 5.91 Å². The predicted octanol–water partition coefficient (Wildman–Crippen LogP) is 0.330. The molecule has 0 aromatic heterocycles. The van der Waals surface area contributed by atoms with Crippen molar-refractivity contribution in [2.75, 3.05) is 26.7 Å². The van der Waals surface area contributed by atoms with Crippen LogP contribution < -0.4 is 11.1 Å². The first-order valence-corrected chi connectivity index (χ1v) is 7.04. The Morgan fingerprint density at radius 1 is 1.50 bits per heavy atom. The highest BCUT2D eigenvalue weighted by Crippen LogP contribution is 2.13. The zero-order chi connectivity index (χ0) is 14.5. The lowest BCUT2D eigenvalue weighted by Crippen LogP contribution is -2.43. The topological polar surface area (TPSA) is 78.6 Å². The number of benzene rings is 1. The van der Waals surface area contributed by atoms with Crippen LogP contribution in [0.5, 0.6) is 5.75 Å². The molecular formula is C15H23N3O2. The van der Waals surface area contributed by atoms with Crippen molar-refractivity contribution in [3.8, 4) is 5.75 Å². The lowest BCUT2D eigenvalue weighted by molar-refractivity contribution is -0.122. The molecule has 4 N–H and O–H groups in total. The largest absolute Gasteiger partial charge is 0.508 e. The Morgan fingerprint density at radius 3 is 2.80 bits per heavy atom. The number of phenols is 1. The van der Waals surface area contributed by atoms with E-state index in [1.54, 1.807) is 24.3 Å². The second-order valence-corrected chi connectivity index (χ2v) is 5.64. The van der Waals surface area contributed by atoms with Gasteiger partial charge >= 0.3 is 0 Å². The van der Waals surface area contributed by atoms with E-state index in [9.17, 15) is 9.90 Å². The molecule has 5 nitrogen and oxygen atoms in total. The first-order valence-electron chi connectivity index (χ1n) is 7.04. The zero-order valence-electron chi connectivity index (χ0n) is 11.9. The van der Waals surface area contributed by atoms with Crippen LogP contribution in [0.2, 0.25) is 0 Å². The molecule has 20 heavy (non-hydrogen) atoms. The number of carbonyl (C=O) groups is 1. The summed E-state index contributed by atoms with van der Waals surface area (Å²) < 4.78 is 0. The van der Waals surface area contributed by atoms with Gasteiger partial charge in [-0.1, -0.05) is 12.1 Å². The van der Waals surface area contributed by atoms with Crippen LogP contribution in [0.25, 0.3) is 0 Å². The predicted molar refractivity (Wildman–Crippen MR) is 78.4 cm³/mol. The molecular weight excluding hydrogens is 254 g/mol. The molecule has 1 aromatic rings. The van der Waals surface area contributed by atoms with Gasteiger partial charge in [0.15, 0.2) is 0 Å². The molecule has 1 aliphatic rings. The number of nitrogens with one attached hydrogen (secondary N) is 1. The van der Waals surface area contributed by atoms with Crippen LogP contribution in [0.3, 0.4) is 0 Å². The number of amides is 1. The maximum absolute atomic E-state index is 12.0. The van der Waals surface area contributed by atoms with Crippen molar-refractivity contribution in [3.05, 3.63) is 29.8 Å². The number of nitrogens with zero attached hydrogens (tertiary/aromatic N) is 1. The van der Waals surface area contributed by atoms with Gasteiger partial charge in [-0.2, -0.15) is 0 Å². The van der Waals surface area contributed by atoms with Gasteiger partial charge in [-0.05, 0) is 50.0 Å². The monoisotopic (exact) mass is 277 g/mol. The van der Waals surface area contributed by atoms with Crippen LogP contribution in [0.4, 0.5) is 0 Å². The van der Waals surface area contributed by atoms with Crippen LogP contribution >= 0.6 is 0 Å². The maximum Gasteiger partial charge on any atom is 0.237 e. The Bertz CT molecular complexity index is 447. The van der Waals surface area contributed by atoms with Crippen LogP contribution in [0.15, 0.2) is 24.3 Å². The number of aromatic hydroxyl groups is 1. The molecule has 0 saturated carbocycles. The van der Waals surface area contributed by atoms with Gasteiger partial charge in [0.25, 0.3) is 0 Å². The lowest BCUT2D eigenvalue weighted by atomic mass is 10.1. The van der Waals surface area contributed by atoms with Gasteiger partial charge in [0.1, 0.15) is 5.75 Å². The molecule has 2 unspecified atom stereocenters.